The zero-order chi connectivity index (χ0) is 18.1. The molecule has 1 rings (SSSR count). The molecular formula is C17H31IN4O2S. The van der Waals surface area contributed by atoms with Crippen molar-refractivity contribution in [3.63, 3.8) is 0 Å². The zero-order valence-corrected chi connectivity index (χ0v) is 18.6. The molecule has 0 amide bonds. The molecule has 1 aromatic carbocycles. The van der Waals surface area contributed by atoms with Gasteiger partial charge in [0.15, 0.2) is 5.96 Å². The lowest BCUT2D eigenvalue weighted by Gasteiger charge is -2.24. The number of rotatable bonds is 9. The molecule has 0 aliphatic carbocycles. The van der Waals surface area contributed by atoms with E-state index in [-0.39, 0.29) is 35.1 Å². The molecule has 144 valence electrons. The van der Waals surface area contributed by atoms with Crippen LogP contribution in [0.3, 0.4) is 0 Å². The molecule has 0 atom stereocenters. The molecule has 8 heteroatoms. The predicted molar refractivity (Wildman–Crippen MR) is 116 cm³/mol. The van der Waals surface area contributed by atoms with Crippen molar-refractivity contribution in [3.05, 3.63) is 35.9 Å². The van der Waals surface area contributed by atoms with E-state index in [4.69, 9.17) is 0 Å². The summed E-state index contributed by atoms with van der Waals surface area (Å²) in [5.74, 6) is 0.782. The fraction of sp³-hybridized carbons (Fsp3) is 0.588. The second kappa shape index (κ2) is 11.7. The molecule has 0 heterocycles. The van der Waals surface area contributed by atoms with Gasteiger partial charge in [-0.2, -0.15) is 0 Å². The second-order valence-electron chi connectivity index (χ2n) is 6.17. The first-order valence-electron chi connectivity index (χ1n) is 8.36. The normalized spacial score (nSPS) is 12.4. The Morgan fingerprint density at radius 2 is 1.72 bits per heavy atom. The molecule has 0 fully saturated rings. The smallest absolute Gasteiger partial charge is 0.211 e. The largest absolute Gasteiger partial charge is 0.357 e. The summed E-state index contributed by atoms with van der Waals surface area (Å²) in [5, 5.41) is 6.33. The highest BCUT2D eigenvalue weighted by molar-refractivity contribution is 14.0. The van der Waals surface area contributed by atoms with E-state index < -0.39 is 10.0 Å². The van der Waals surface area contributed by atoms with Crippen LogP contribution in [-0.4, -0.2) is 46.3 Å². The van der Waals surface area contributed by atoms with Gasteiger partial charge >= 0.3 is 0 Å². The Kier molecular flexibility index (Phi) is 11.3. The van der Waals surface area contributed by atoms with Crippen LogP contribution in [0.4, 0.5) is 0 Å². The quantitative estimate of drug-likeness (QED) is 0.218. The number of sulfonamides is 1. The van der Waals surface area contributed by atoms with Crippen molar-refractivity contribution < 1.29 is 8.42 Å². The van der Waals surface area contributed by atoms with E-state index >= 15 is 0 Å². The minimum atomic E-state index is -3.15. The van der Waals surface area contributed by atoms with Crippen molar-refractivity contribution in [3.8, 4) is 0 Å². The first kappa shape index (κ1) is 24.1. The third-order valence-electron chi connectivity index (χ3n) is 3.65. The van der Waals surface area contributed by atoms with Crippen LogP contribution in [0.2, 0.25) is 0 Å². The topological polar surface area (TPSA) is 82.6 Å². The molecule has 0 bridgehead atoms. The van der Waals surface area contributed by atoms with Crippen molar-refractivity contribution >= 4 is 40.0 Å². The highest BCUT2D eigenvalue weighted by Gasteiger charge is 2.20. The molecule has 0 spiro atoms. The molecule has 0 aliphatic rings. The van der Waals surface area contributed by atoms with Gasteiger partial charge in [-0.15, -0.1) is 24.0 Å². The molecule has 0 saturated heterocycles. The summed E-state index contributed by atoms with van der Waals surface area (Å²) in [6.07, 6.45) is 0. The van der Waals surface area contributed by atoms with Gasteiger partial charge in [-0.3, -0.25) is 4.99 Å². The fourth-order valence-electron chi connectivity index (χ4n) is 2.09. The Bertz CT molecular complexity index is 619. The van der Waals surface area contributed by atoms with Gasteiger partial charge in [-0.25, -0.2) is 13.1 Å². The third kappa shape index (κ3) is 9.41. The first-order valence-corrected chi connectivity index (χ1v) is 10.0. The molecular weight excluding hydrogens is 451 g/mol. The predicted octanol–water partition coefficient (Wildman–Crippen LogP) is 2.08. The average molecular weight is 482 g/mol. The Balaban J connectivity index is 0.00000576. The van der Waals surface area contributed by atoms with Gasteiger partial charge in [0, 0.05) is 25.0 Å². The number of nitrogens with zero attached hydrogens (tertiary/aromatic N) is 1. The summed E-state index contributed by atoms with van der Waals surface area (Å²) in [6, 6.07) is 10.3. The standard InChI is InChI=1S/C17H30N4O2S.HI/c1-5-18-16(19-12-13-21-24(22,23)6-2)20-14-17(3,4)15-10-8-7-9-11-15;/h7-11,21H,5-6,12-14H2,1-4H3,(H2,18,19,20);1H. The number of benzene rings is 1. The van der Waals surface area contributed by atoms with Gasteiger partial charge < -0.3 is 10.6 Å². The molecule has 25 heavy (non-hydrogen) atoms. The van der Waals surface area contributed by atoms with Crippen molar-refractivity contribution in [1.29, 1.82) is 0 Å². The van der Waals surface area contributed by atoms with Crippen LogP contribution in [0, 0.1) is 0 Å². The zero-order valence-electron chi connectivity index (χ0n) is 15.5. The van der Waals surface area contributed by atoms with Crippen LogP contribution < -0.4 is 15.4 Å². The molecule has 0 radical (unpaired) electrons. The Morgan fingerprint density at radius 1 is 1.08 bits per heavy atom. The average Bonchev–Trinajstić information content (AvgIpc) is 2.57. The van der Waals surface area contributed by atoms with Crippen molar-refractivity contribution in [2.75, 3.05) is 31.9 Å². The molecule has 3 N–H and O–H groups in total. The lowest BCUT2D eigenvalue weighted by molar-refractivity contribution is 0.537. The second-order valence-corrected chi connectivity index (χ2v) is 8.27. The molecule has 6 nitrogen and oxygen atoms in total. The van der Waals surface area contributed by atoms with E-state index in [1.165, 1.54) is 5.56 Å². The first-order chi connectivity index (χ1) is 11.3. The maximum Gasteiger partial charge on any atom is 0.211 e. The van der Waals surface area contributed by atoms with Crippen LogP contribution in [-0.2, 0) is 15.4 Å². The number of hydrogen-bond donors (Lipinski definition) is 3. The monoisotopic (exact) mass is 482 g/mol. The Labute approximate surface area is 169 Å². The van der Waals surface area contributed by atoms with Gasteiger partial charge in [-0.05, 0) is 19.4 Å². The minimum absolute atomic E-state index is 0. The van der Waals surface area contributed by atoms with Gasteiger partial charge in [0.1, 0.15) is 0 Å². The van der Waals surface area contributed by atoms with E-state index in [1.54, 1.807) is 6.92 Å². The van der Waals surface area contributed by atoms with Crippen LogP contribution in [0.25, 0.3) is 0 Å². The number of halogens is 1. The summed E-state index contributed by atoms with van der Waals surface area (Å²) < 4.78 is 25.3. The summed E-state index contributed by atoms with van der Waals surface area (Å²) in [6.45, 7) is 10.1. The van der Waals surface area contributed by atoms with Crippen LogP contribution in [0.5, 0.6) is 0 Å². The maximum atomic E-state index is 11.4. The molecule has 0 saturated carbocycles. The number of nitrogens with one attached hydrogen (secondary N) is 3. The van der Waals surface area contributed by atoms with Gasteiger partial charge in [0.05, 0.1) is 12.3 Å². The lowest BCUT2D eigenvalue weighted by Crippen LogP contribution is -2.42. The van der Waals surface area contributed by atoms with Crippen molar-refractivity contribution in [2.24, 2.45) is 4.99 Å². The highest BCUT2D eigenvalue weighted by Crippen LogP contribution is 2.22. The van der Waals surface area contributed by atoms with E-state index in [1.807, 2.05) is 25.1 Å². The Hall–Kier alpha value is -0.870. The summed E-state index contributed by atoms with van der Waals surface area (Å²) in [7, 11) is -3.15. The summed E-state index contributed by atoms with van der Waals surface area (Å²) >= 11 is 0. The van der Waals surface area contributed by atoms with Crippen LogP contribution in [0.15, 0.2) is 35.3 Å². The maximum absolute atomic E-state index is 11.4. The van der Waals surface area contributed by atoms with Crippen molar-refractivity contribution in [1.82, 2.24) is 15.4 Å². The van der Waals surface area contributed by atoms with Crippen molar-refractivity contribution in [2.45, 2.75) is 33.1 Å². The molecule has 0 aromatic heterocycles. The summed E-state index contributed by atoms with van der Waals surface area (Å²) in [4.78, 5) is 4.63. The molecule has 0 aliphatic heterocycles. The van der Waals surface area contributed by atoms with E-state index in [0.29, 0.717) is 25.6 Å². The summed E-state index contributed by atoms with van der Waals surface area (Å²) in [5.41, 5.74) is 1.16. The van der Waals surface area contributed by atoms with E-state index in [0.717, 1.165) is 6.54 Å². The highest BCUT2D eigenvalue weighted by atomic mass is 127. The lowest BCUT2D eigenvalue weighted by atomic mass is 9.85. The molecule has 1 aromatic rings. The number of aliphatic imine (C=N–C) groups is 1. The van der Waals surface area contributed by atoms with Gasteiger partial charge in [-0.1, -0.05) is 44.2 Å². The van der Waals surface area contributed by atoms with E-state index in [2.05, 4.69) is 46.3 Å². The SMILES string of the molecule is CCNC(=NCC(C)(C)c1ccccc1)NCCNS(=O)(=O)CC.I. The molecule has 0 unspecified atom stereocenters. The number of guanidine groups is 1. The van der Waals surface area contributed by atoms with Gasteiger partial charge in [0.25, 0.3) is 0 Å². The van der Waals surface area contributed by atoms with Crippen LogP contribution >= 0.6 is 24.0 Å². The minimum Gasteiger partial charge on any atom is -0.357 e. The van der Waals surface area contributed by atoms with E-state index in [9.17, 15) is 8.42 Å². The van der Waals surface area contributed by atoms with Gasteiger partial charge in [0.2, 0.25) is 10.0 Å². The number of hydrogen-bond acceptors (Lipinski definition) is 3. The van der Waals surface area contributed by atoms with Crippen LogP contribution in [0.1, 0.15) is 33.3 Å². The Morgan fingerprint density at radius 3 is 2.28 bits per heavy atom. The fourth-order valence-corrected chi connectivity index (χ4v) is 2.71. The third-order valence-corrected chi connectivity index (χ3v) is 5.06.